The molecule has 2 rings (SSSR count). The molecule has 0 aliphatic carbocycles. The van der Waals surface area contributed by atoms with Crippen molar-refractivity contribution >= 4 is 11.8 Å². The maximum Gasteiger partial charge on any atom is 0.236 e. The van der Waals surface area contributed by atoms with Crippen LogP contribution in [0.2, 0.25) is 0 Å². The molecule has 1 aromatic rings. The Kier molecular flexibility index (Phi) is 8.06. The summed E-state index contributed by atoms with van der Waals surface area (Å²) in [4.78, 5) is 30.0. The van der Waals surface area contributed by atoms with E-state index in [1.807, 2.05) is 18.2 Å². The van der Waals surface area contributed by atoms with Gasteiger partial charge in [0.05, 0.1) is 13.1 Å². The van der Waals surface area contributed by atoms with Crippen molar-refractivity contribution in [2.75, 3.05) is 59.9 Å². The van der Waals surface area contributed by atoms with E-state index in [9.17, 15) is 9.59 Å². The van der Waals surface area contributed by atoms with Crippen molar-refractivity contribution in [2.45, 2.75) is 19.3 Å². The molecular formula is C20H32N4O2. The molecule has 1 aliphatic heterocycles. The highest BCUT2D eigenvalue weighted by Crippen LogP contribution is 2.17. The number of hydrogen-bond acceptors (Lipinski definition) is 4. The van der Waals surface area contributed by atoms with Crippen LogP contribution in [0.3, 0.4) is 0 Å². The molecule has 1 fully saturated rings. The summed E-state index contributed by atoms with van der Waals surface area (Å²) in [5.74, 6) is 0.564. The predicted octanol–water partition coefficient (Wildman–Crippen LogP) is 1.00. The van der Waals surface area contributed by atoms with Crippen molar-refractivity contribution in [3.63, 3.8) is 0 Å². The van der Waals surface area contributed by atoms with Crippen LogP contribution in [0.15, 0.2) is 30.3 Å². The smallest absolute Gasteiger partial charge is 0.236 e. The van der Waals surface area contributed by atoms with Crippen LogP contribution in [-0.2, 0) is 9.59 Å². The second kappa shape index (κ2) is 10.3. The van der Waals surface area contributed by atoms with Crippen molar-refractivity contribution in [2.24, 2.45) is 0 Å². The highest BCUT2D eigenvalue weighted by Gasteiger charge is 2.21. The Morgan fingerprint density at radius 1 is 1.04 bits per heavy atom. The number of amides is 2. The van der Waals surface area contributed by atoms with Crippen LogP contribution < -0.4 is 5.32 Å². The SMILES string of the molecule is CC[C@H](CNC(=O)CN1CCN(CC(=O)N(C)C)CC1)c1ccccc1. The fourth-order valence-corrected chi connectivity index (χ4v) is 3.16. The lowest BCUT2D eigenvalue weighted by atomic mass is 9.96. The molecule has 6 heteroatoms. The first-order chi connectivity index (χ1) is 12.5. The van der Waals surface area contributed by atoms with Crippen LogP contribution in [0.4, 0.5) is 0 Å². The Bertz CT molecular complexity index is 568. The summed E-state index contributed by atoms with van der Waals surface area (Å²) >= 11 is 0. The lowest BCUT2D eigenvalue weighted by molar-refractivity contribution is -0.130. The lowest BCUT2D eigenvalue weighted by Crippen LogP contribution is -2.51. The molecule has 1 heterocycles. The summed E-state index contributed by atoms with van der Waals surface area (Å²) in [6.45, 7) is 7.02. The number of benzene rings is 1. The topological polar surface area (TPSA) is 55.9 Å². The van der Waals surface area contributed by atoms with Gasteiger partial charge < -0.3 is 10.2 Å². The van der Waals surface area contributed by atoms with Crippen molar-refractivity contribution in [3.05, 3.63) is 35.9 Å². The monoisotopic (exact) mass is 360 g/mol. The third-order valence-electron chi connectivity index (χ3n) is 5.00. The van der Waals surface area contributed by atoms with E-state index >= 15 is 0 Å². The third-order valence-corrected chi connectivity index (χ3v) is 5.00. The van der Waals surface area contributed by atoms with E-state index in [1.54, 1.807) is 19.0 Å². The summed E-state index contributed by atoms with van der Waals surface area (Å²) < 4.78 is 0. The highest BCUT2D eigenvalue weighted by molar-refractivity contribution is 5.78. The maximum atomic E-state index is 12.3. The minimum Gasteiger partial charge on any atom is -0.354 e. The Morgan fingerprint density at radius 3 is 2.15 bits per heavy atom. The molecule has 1 N–H and O–H groups in total. The van der Waals surface area contributed by atoms with E-state index in [2.05, 4.69) is 34.2 Å². The fraction of sp³-hybridized carbons (Fsp3) is 0.600. The normalized spacial score (nSPS) is 16.9. The van der Waals surface area contributed by atoms with Gasteiger partial charge in [-0.2, -0.15) is 0 Å². The maximum absolute atomic E-state index is 12.3. The molecule has 0 aromatic heterocycles. The van der Waals surface area contributed by atoms with Gasteiger partial charge in [0.25, 0.3) is 0 Å². The molecule has 1 aliphatic rings. The molecule has 0 bridgehead atoms. The zero-order chi connectivity index (χ0) is 18.9. The molecule has 0 spiro atoms. The average Bonchev–Trinajstić information content (AvgIpc) is 2.64. The quantitative estimate of drug-likeness (QED) is 0.752. The van der Waals surface area contributed by atoms with Gasteiger partial charge in [-0.1, -0.05) is 37.3 Å². The van der Waals surface area contributed by atoms with E-state index < -0.39 is 0 Å². The Morgan fingerprint density at radius 2 is 1.62 bits per heavy atom. The van der Waals surface area contributed by atoms with Crippen molar-refractivity contribution in [1.29, 1.82) is 0 Å². The van der Waals surface area contributed by atoms with Crippen molar-refractivity contribution in [3.8, 4) is 0 Å². The van der Waals surface area contributed by atoms with Gasteiger partial charge >= 0.3 is 0 Å². The summed E-state index contributed by atoms with van der Waals surface area (Å²) in [6, 6.07) is 10.3. The average molecular weight is 361 g/mol. The van der Waals surface area contributed by atoms with Crippen LogP contribution in [0.5, 0.6) is 0 Å². The number of carbonyl (C=O) groups is 2. The number of likely N-dealkylation sites (N-methyl/N-ethyl adjacent to an activating group) is 1. The molecule has 0 saturated carbocycles. The van der Waals surface area contributed by atoms with E-state index in [0.29, 0.717) is 25.6 Å². The van der Waals surface area contributed by atoms with Crippen LogP contribution in [0, 0.1) is 0 Å². The van der Waals surface area contributed by atoms with Crippen LogP contribution in [-0.4, -0.2) is 86.4 Å². The van der Waals surface area contributed by atoms with Gasteiger partial charge in [0.15, 0.2) is 0 Å². The van der Waals surface area contributed by atoms with E-state index in [4.69, 9.17) is 0 Å². The van der Waals surface area contributed by atoms with Gasteiger partial charge in [-0.3, -0.25) is 19.4 Å². The first-order valence-corrected chi connectivity index (χ1v) is 9.46. The zero-order valence-electron chi connectivity index (χ0n) is 16.3. The molecule has 1 aromatic carbocycles. The number of carbonyl (C=O) groups excluding carboxylic acids is 2. The molecule has 0 unspecified atom stereocenters. The molecule has 1 saturated heterocycles. The summed E-state index contributed by atoms with van der Waals surface area (Å²) in [6.07, 6.45) is 1.00. The highest BCUT2D eigenvalue weighted by atomic mass is 16.2. The number of rotatable bonds is 8. The summed E-state index contributed by atoms with van der Waals surface area (Å²) in [5, 5.41) is 3.08. The minimum atomic E-state index is 0.0807. The number of nitrogens with one attached hydrogen (secondary N) is 1. The molecule has 2 amide bonds. The Labute approximate surface area is 157 Å². The van der Waals surface area contributed by atoms with Gasteiger partial charge in [-0.15, -0.1) is 0 Å². The first kappa shape index (κ1) is 20.4. The van der Waals surface area contributed by atoms with Crippen LogP contribution in [0.1, 0.15) is 24.8 Å². The van der Waals surface area contributed by atoms with Gasteiger partial charge in [0, 0.05) is 52.7 Å². The Balaban J connectivity index is 1.69. The number of nitrogens with zero attached hydrogens (tertiary/aromatic N) is 3. The van der Waals surface area contributed by atoms with Gasteiger partial charge in [0.2, 0.25) is 11.8 Å². The number of piperazine rings is 1. The second-order valence-corrected chi connectivity index (χ2v) is 7.16. The summed E-state index contributed by atoms with van der Waals surface area (Å²) in [5.41, 5.74) is 1.27. The van der Waals surface area contributed by atoms with Crippen molar-refractivity contribution in [1.82, 2.24) is 20.0 Å². The molecule has 26 heavy (non-hydrogen) atoms. The van der Waals surface area contributed by atoms with E-state index in [-0.39, 0.29) is 11.8 Å². The van der Waals surface area contributed by atoms with Crippen LogP contribution in [0.25, 0.3) is 0 Å². The predicted molar refractivity (Wildman–Crippen MR) is 104 cm³/mol. The standard InChI is InChI=1S/C20H32N4O2/c1-4-17(18-8-6-5-7-9-18)14-21-19(25)15-23-10-12-24(13-11-23)16-20(26)22(2)3/h5-9,17H,4,10-16H2,1-3H3,(H,21,25)/t17-/m1/s1. The molecule has 0 radical (unpaired) electrons. The fourth-order valence-electron chi connectivity index (χ4n) is 3.16. The van der Waals surface area contributed by atoms with Crippen LogP contribution >= 0.6 is 0 Å². The summed E-state index contributed by atoms with van der Waals surface area (Å²) in [7, 11) is 3.56. The van der Waals surface area contributed by atoms with Crippen molar-refractivity contribution < 1.29 is 9.59 Å². The minimum absolute atomic E-state index is 0.0807. The van der Waals surface area contributed by atoms with Gasteiger partial charge in [-0.05, 0) is 12.0 Å². The largest absolute Gasteiger partial charge is 0.354 e. The Hall–Kier alpha value is -1.92. The van der Waals surface area contributed by atoms with E-state index in [1.165, 1.54) is 5.56 Å². The third kappa shape index (κ3) is 6.42. The first-order valence-electron chi connectivity index (χ1n) is 9.46. The molecule has 6 nitrogen and oxygen atoms in total. The molecule has 144 valence electrons. The lowest BCUT2D eigenvalue weighted by Gasteiger charge is -2.34. The van der Waals surface area contributed by atoms with E-state index in [0.717, 1.165) is 32.6 Å². The molecular weight excluding hydrogens is 328 g/mol. The van der Waals surface area contributed by atoms with Gasteiger partial charge in [-0.25, -0.2) is 0 Å². The molecule has 1 atom stereocenters. The zero-order valence-corrected chi connectivity index (χ0v) is 16.3. The second-order valence-electron chi connectivity index (χ2n) is 7.16. The van der Waals surface area contributed by atoms with Gasteiger partial charge in [0.1, 0.15) is 0 Å². The number of hydrogen-bond donors (Lipinski definition) is 1.